The molecule has 1 aliphatic rings. The second-order valence-corrected chi connectivity index (χ2v) is 4.77. The number of carbonyl (C=O) groups is 2. The van der Waals surface area contributed by atoms with Crippen molar-refractivity contribution in [2.45, 2.75) is 6.92 Å². The molecule has 0 atom stereocenters. The van der Waals surface area contributed by atoms with Gasteiger partial charge in [0.1, 0.15) is 0 Å². The van der Waals surface area contributed by atoms with Crippen molar-refractivity contribution in [2.75, 3.05) is 18.0 Å². The summed E-state index contributed by atoms with van der Waals surface area (Å²) in [5, 5.41) is 12.6. The molecule has 6 heteroatoms. The number of urea groups is 1. The summed E-state index contributed by atoms with van der Waals surface area (Å²) in [4.78, 5) is 28.9. The van der Waals surface area contributed by atoms with Gasteiger partial charge in [0, 0.05) is 24.7 Å². The molecule has 1 aliphatic heterocycles. The summed E-state index contributed by atoms with van der Waals surface area (Å²) in [5.74, 6) is -1.02. The standard InChI is InChI=1S/C14H13N3O3/c1-8-4-9-5-10(13(18)19)6-11(12(9)16-7-8)17-3-2-15-14(17)20/h4-7H,2-3H2,1H3,(H,15,20)(H,18,19). The van der Waals surface area contributed by atoms with Gasteiger partial charge in [0.25, 0.3) is 0 Å². The summed E-state index contributed by atoms with van der Waals surface area (Å²) < 4.78 is 0. The molecule has 102 valence electrons. The maximum Gasteiger partial charge on any atom is 0.335 e. The SMILES string of the molecule is Cc1cnc2c(N3CCNC3=O)cc(C(=O)O)cc2c1. The average molecular weight is 271 g/mol. The zero-order valence-corrected chi connectivity index (χ0v) is 10.9. The van der Waals surface area contributed by atoms with E-state index in [1.165, 1.54) is 11.0 Å². The van der Waals surface area contributed by atoms with Crippen LogP contribution in [0.4, 0.5) is 10.5 Å². The summed E-state index contributed by atoms with van der Waals surface area (Å²) in [7, 11) is 0. The number of pyridine rings is 1. The Balaban J connectivity index is 2.27. The first-order chi connectivity index (χ1) is 9.56. The van der Waals surface area contributed by atoms with Gasteiger partial charge >= 0.3 is 12.0 Å². The number of hydrogen-bond acceptors (Lipinski definition) is 3. The number of carboxylic acid groups (broad SMARTS) is 1. The molecule has 1 saturated heterocycles. The molecule has 1 aromatic carbocycles. The molecule has 0 bridgehead atoms. The Labute approximate surface area is 115 Å². The Hall–Kier alpha value is -2.63. The van der Waals surface area contributed by atoms with Crippen LogP contribution in [0.3, 0.4) is 0 Å². The van der Waals surface area contributed by atoms with Crippen LogP contribution in [0.1, 0.15) is 15.9 Å². The van der Waals surface area contributed by atoms with Crippen LogP contribution in [0.5, 0.6) is 0 Å². The third-order valence-corrected chi connectivity index (χ3v) is 3.29. The number of carbonyl (C=O) groups excluding carboxylic acids is 1. The van der Waals surface area contributed by atoms with Crippen LogP contribution >= 0.6 is 0 Å². The van der Waals surface area contributed by atoms with Crippen LogP contribution in [0.2, 0.25) is 0 Å². The number of aromatic carboxylic acids is 1. The highest BCUT2D eigenvalue weighted by Gasteiger charge is 2.24. The van der Waals surface area contributed by atoms with Gasteiger partial charge in [-0.3, -0.25) is 9.88 Å². The van der Waals surface area contributed by atoms with E-state index >= 15 is 0 Å². The average Bonchev–Trinajstić information content (AvgIpc) is 2.83. The fourth-order valence-corrected chi connectivity index (χ4v) is 2.37. The van der Waals surface area contributed by atoms with Gasteiger partial charge in [-0.25, -0.2) is 9.59 Å². The highest BCUT2D eigenvalue weighted by Crippen LogP contribution is 2.28. The Morgan fingerprint density at radius 2 is 2.20 bits per heavy atom. The number of nitrogens with zero attached hydrogens (tertiary/aromatic N) is 2. The van der Waals surface area contributed by atoms with Crippen LogP contribution in [-0.4, -0.2) is 35.2 Å². The first-order valence-electron chi connectivity index (χ1n) is 6.25. The first kappa shape index (κ1) is 12.4. The maximum absolute atomic E-state index is 11.8. The molecule has 0 radical (unpaired) electrons. The Morgan fingerprint density at radius 3 is 2.85 bits per heavy atom. The third kappa shape index (κ3) is 1.95. The van der Waals surface area contributed by atoms with Gasteiger partial charge in [0.15, 0.2) is 0 Å². The number of aryl methyl sites for hydroxylation is 1. The normalized spacial score (nSPS) is 14.7. The van der Waals surface area contributed by atoms with E-state index in [1.54, 1.807) is 12.3 Å². The lowest BCUT2D eigenvalue weighted by molar-refractivity contribution is 0.0697. The van der Waals surface area contributed by atoms with E-state index in [4.69, 9.17) is 0 Å². The van der Waals surface area contributed by atoms with Crippen molar-refractivity contribution in [3.63, 3.8) is 0 Å². The monoisotopic (exact) mass is 271 g/mol. The number of carboxylic acids is 1. The van der Waals surface area contributed by atoms with Gasteiger partial charge < -0.3 is 10.4 Å². The Bertz CT molecular complexity index is 727. The molecular weight excluding hydrogens is 258 g/mol. The summed E-state index contributed by atoms with van der Waals surface area (Å²) in [6.07, 6.45) is 1.71. The number of aromatic nitrogens is 1. The first-order valence-corrected chi connectivity index (χ1v) is 6.25. The summed E-state index contributed by atoms with van der Waals surface area (Å²) >= 11 is 0. The van der Waals surface area contributed by atoms with Crippen LogP contribution in [0.25, 0.3) is 10.9 Å². The van der Waals surface area contributed by atoms with Gasteiger partial charge in [0.05, 0.1) is 16.8 Å². The molecule has 1 aromatic heterocycles. The number of nitrogens with one attached hydrogen (secondary N) is 1. The molecule has 3 rings (SSSR count). The van der Waals surface area contributed by atoms with E-state index in [1.807, 2.05) is 13.0 Å². The van der Waals surface area contributed by atoms with E-state index in [-0.39, 0.29) is 11.6 Å². The molecule has 2 heterocycles. The minimum Gasteiger partial charge on any atom is -0.478 e. The van der Waals surface area contributed by atoms with Crippen molar-refractivity contribution in [3.8, 4) is 0 Å². The summed E-state index contributed by atoms with van der Waals surface area (Å²) in [5.41, 5.74) is 2.27. The maximum atomic E-state index is 11.8. The zero-order chi connectivity index (χ0) is 14.3. The van der Waals surface area contributed by atoms with E-state index in [9.17, 15) is 14.7 Å². The highest BCUT2D eigenvalue weighted by atomic mass is 16.4. The minimum absolute atomic E-state index is 0.152. The number of anilines is 1. The van der Waals surface area contributed by atoms with Gasteiger partial charge in [-0.2, -0.15) is 0 Å². The lowest BCUT2D eigenvalue weighted by Gasteiger charge is -2.17. The van der Waals surface area contributed by atoms with Crippen molar-refractivity contribution < 1.29 is 14.7 Å². The molecular formula is C14H13N3O3. The van der Waals surface area contributed by atoms with Gasteiger partial charge in [-0.05, 0) is 30.7 Å². The predicted molar refractivity (Wildman–Crippen MR) is 74.2 cm³/mol. The van der Waals surface area contributed by atoms with Gasteiger partial charge in [-0.15, -0.1) is 0 Å². The largest absolute Gasteiger partial charge is 0.478 e. The molecule has 2 amide bonds. The lowest BCUT2D eigenvalue weighted by Crippen LogP contribution is -2.28. The van der Waals surface area contributed by atoms with E-state index in [0.717, 1.165) is 10.9 Å². The molecule has 0 aliphatic carbocycles. The molecule has 2 N–H and O–H groups in total. The van der Waals surface area contributed by atoms with Crippen LogP contribution in [-0.2, 0) is 0 Å². The summed E-state index contributed by atoms with van der Waals surface area (Å²) in [6, 6.07) is 4.72. The topological polar surface area (TPSA) is 82.5 Å². The van der Waals surface area contributed by atoms with Crippen molar-refractivity contribution >= 4 is 28.6 Å². The molecule has 0 spiro atoms. The van der Waals surface area contributed by atoms with E-state index < -0.39 is 5.97 Å². The number of hydrogen-bond donors (Lipinski definition) is 2. The van der Waals surface area contributed by atoms with Crippen molar-refractivity contribution in [2.24, 2.45) is 0 Å². The highest BCUT2D eigenvalue weighted by molar-refractivity contribution is 6.06. The molecule has 0 unspecified atom stereocenters. The summed E-state index contributed by atoms with van der Waals surface area (Å²) in [6.45, 7) is 2.94. The van der Waals surface area contributed by atoms with Gasteiger partial charge in [-0.1, -0.05) is 0 Å². The van der Waals surface area contributed by atoms with E-state index in [2.05, 4.69) is 10.3 Å². The molecule has 1 fully saturated rings. The van der Waals surface area contributed by atoms with Crippen molar-refractivity contribution in [1.82, 2.24) is 10.3 Å². The number of benzene rings is 1. The third-order valence-electron chi connectivity index (χ3n) is 3.29. The molecule has 20 heavy (non-hydrogen) atoms. The Morgan fingerprint density at radius 1 is 1.40 bits per heavy atom. The smallest absolute Gasteiger partial charge is 0.335 e. The zero-order valence-electron chi connectivity index (χ0n) is 10.9. The predicted octanol–water partition coefficient (Wildman–Crippen LogP) is 1.77. The van der Waals surface area contributed by atoms with E-state index in [0.29, 0.717) is 24.3 Å². The fraction of sp³-hybridized carbons (Fsp3) is 0.214. The second-order valence-electron chi connectivity index (χ2n) is 4.77. The molecule has 6 nitrogen and oxygen atoms in total. The Kier molecular flexibility index (Phi) is 2.78. The lowest BCUT2D eigenvalue weighted by atomic mass is 10.1. The minimum atomic E-state index is -1.02. The second kappa shape index (κ2) is 4.48. The van der Waals surface area contributed by atoms with Crippen LogP contribution in [0, 0.1) is 6.92 Å². The van der Waals surface area contributed by atoms with Crippen molar-refractivity contribution in [1.29, 1.82) is 0 Å². The fourth-order valence-electron chi connectivity index (χ4n) is 2.37. The van der Waals surface area contributed by atoms with Crippen LogP contribution in [0.15, 0.2) is 24.4 Å². The quantitative estimate of drug-likeness (QED) is 0.872. The van der Waals surface area contributed by atoms with Crippen LogP contribution < -0.4 is 10.2 Å². The number of rotatable bonds is 2. The molecule has 2 aromatic rings. The van der Waals surface area contributed by atoms with Crippen molar-refractivity contribution in [3.05, 3.63) is 35.5 Å². The van der Waals surface area contributed by atoms with Gasteiger partial charge in [0.2, 0.25) is 0 Å². The number of fused-ring (bicyclic) bond motifs is 1. The number of amides is 2. The molecule has 0 saturated carbocycles.